The van der Waals surface area contributed by atoms with Crippen molar-refractivity contribution >= 4 is 28.4 Å². The smallest absolute Gasteiger partial charge is 0.416 e. The molecule has 0 fully saturated rings. The second kappa shape index (κ2) is 10.2. The first-order chi connectivity index (χ1) is 17.1. The average Bonchev–Trinajstić information content (AvgIpc) is 2.80. The summed E-state index contributed by atoms with van der Waals surface area (Å²) < 4.78 is 58.8. The van der Waals surface area contributed by atoms with Crippen LogP contribution in [0, 0.1) is 5.82 Å². The molecule has 11 heteroatoms. The molecule has 0 bridgehead atoms. The number of fused-ring (bicyclic) bond motifs is 1. The standard InChI is InChI=1S/C25H21F4N5O2/c1-34(2)14-18-13-30-21-8-7-19(12-22(21)31-18)36-23-9-6-17(11-20(23)26)33-24(35)32-16-5-3-4-15(10-16)25(27,28)29/h3-13H,14H2,1-2H3,(H2,32,33,35). The Morgan fingerprint density at radius 1 is 0.972 bits per heavy atom. The first kappa shape index (κ1) is 24.9. The minimum Gasteiger partial charge on any atom is -0.454 e. The maximum Gasteiger partial charge on any atom is 0.416 e. The monoisotopic (exact) mass is 499 g/mol. The summed E-state index contributed by atoms with van der Waals surface area (Å²) in [5, 5.41) is 4.67. The van der Waals surface area contributed by atoms with E-state index in [4.69, 9.17) is 4.74 Å². The zero-order chi connectivity index (χ0) is 25.9. The Morgan fingerprint density at radius 3 is 2.42 bits per heavy atom. The lowest BCUT2D eigenvalue weighted by molar-refractivity contribution is -0.137. The first-order valence-electron chi connectivity index (χ1n) is 10.7. The lowest BCUT2D eigenvalue weighted by Crippen LogP contribution is -2.20. The van der Waals surface area contributed by atoms with Crippen molar-refractivity contribution in [2.75, 3.05) is 24.7 Å². The third kappa shape index (κ3) is 6.25. The summed E-state index contributed by atoms with van der Waals surface area (Å²) in [6.45, 7) is 0.610. The number of anilines is 2. The van der Waals surface area contributed by atoms with Crippen molar-refractivity contribution in [3.63, 3.8) is 0 Å². The molecule has 186 valence electrons. The van der Waals surface area contributed by atoms with Gasteiger partial charge in [-0.25, -0.2) is 14.2 Å². The van der Waals surface area contributed by atoms with Gasteiger partial charge in [-0.15, -0.1) is 0 Å². The highest BCUT2D eigenvalue weighted by molar-refractivity contribution is 5.99. The second-order valence-corrected chi connectivity index (χ2v) is 8.15. The van der Waals surface area contributed by atoms with Gasteiger partial charge in [-0.2, -0.15) is 13.2 Å². The van der Waals surface area contributed by atoms with Crippen LogP contribution in [-0.4, -0.2) is 35.0 Å². The van der Waals surface area contributed by atoms with Crippen molar-refractivity contribution in [3.05, 3.63) is 83.9 Å². The number of alkyl halides is 3. The number of carbonyl (C=O) groups is 1. The zero-order valence-corrected chi connectivity index (χ0v) is 19.2. The lowest BCUT2D eigenvalue weighted by Gasteiger charge is -2.12. The van der Waals surface area contributed by atoms with Crippen molar-refractivity contribution in [2.24, 2.45) is 0 Å². The molecule has 0 aliphatic heterocycles. The summed E-state index contributed by atoms with van der Waals surface area (Å²) >= 11 is 0. The molecule has 1 heterocycles. The average molecular weight is 499 g/mol. The molecule has 0 unspecified atom stereocenters. The van der Waals surface area contributed by atoms with Crippen LogP contribution in [0.2, 0.25) is 0 Å². The highest BCUT2D eigenvalue weighted by Gasteiger charge is 2.30. The number of nitrogens with zero attached hydrogens (tertiary/aromatic N) is 3. The summed E-state index contributed by atoms with van der Waals surface area (Å²) in [4.78, 5) is 23.0. The minimum atomic E-state index is -4.54. The van der Waals surface area contributed by atoms with Gasteiger partial charge in [0.1, 0.15) is 5.75 Å². The number of halogens is 4. The number of hydrogen-bond donors (Lipinski definition) is 2. The third-order valence-electron chi connectivity index (χ3n) is 4.91. The van der Waals surface area contributed by atoms with Gasteiger partial charge < -0.3 is 20.3 Å². The Bertz CT molecular complexity index is 1410. The van der Waals surface area contributed by atoms with Crippen LogP contribution in [0.3, 0.4) is 0 Å². The molecule has 0 radical (unpaired) electrons. The van der Waals surface area contributed by atoms with Gasteiger partial charge in [-0.3, -0.25) is 4.98 Å². The Balaban J connectivity index is 1.43. The van der Waals surface area contributed by atoms with E-state index in [9.17, 15) is 22.4 Å². The van der Waals surface area contributed by atoms with Crippen LogP contribution in [0.15, 0.2) is 66.9 Å². The largest absolute Gasteiger partial charge is 0.454 e. The molecule has 4 rings (SSSR count). The summed E-state index contributed by atoms with van der Waals surface area (Å²) in [6.07, 6.45) is -2.85. The molecule has 0 saturated carbocycles. The number of hydrogen-bond acceptors (Lipinski definition) is 5. The number of amides is 2. The highest BCUT2D eigenvalue weighted by atomic mass is 19.4. The van der Waals surface area contributed by atoms with Crippen molar-refractivity contribution in [1.82, 2.24) is 14.9 Å². The number of rotatable bonds is 6. The molecule has 0 aliphatic rings. The Hall–Kier alpha value is -4.25. The maximum atomic E-state index is 14.7. The fourth-order valence-electron chi connectivity index (χ4n) is 3.35. The van der Waals surface area contributed by atoms with Gasteiger partial charge in [-0.1, -0.05) is 6.07 Å². The maximum absolute atomic E-state index is 14.7. The van der Waals surface area contributed by atoms with Crippen LogP contribution in [0.4, 0.5) is 33.7 Å². The van der Waals surface area contributed by atoms with Crippen molar-refractivity contribution in [3.8, 4) is 11.5 Å². The van der Waals surface area contributed by atoms with Gasteiger partial charge in [0.15, 0.2) is 11.6 Å². The zero-order valence-electron chi connectivity index (χ0n) is 19.2. The summed E-state index contributed by atoms with van der Waals surface area (Å²) in [5.74, 6) is -0.490. The molecule has 0 aliphatic carbocycles. The van der Waals surface area contributed by atoms with Gasteiger partial charge in [0.25, 0.3) is 0 Å². The molecule has 1 aromatic heterocycles. The van der Waals surface area contributed by atoms with E-state index in [1.165, 1.54) is 24.3 Å². The van der Waals surface area contributed by atoms with Gasteiger partial charge in [-0.05, 0) is 56.6 Å². The van der Waals surface area contributed by atoms with Crippen LogP contribution < -0.4 is 15.4 Å². The molecule has 0 spiro atoms. The second-order valence-electron chi connectivity index (χ2n) is 8.15. The number of ether oxygens (including phenoxy) is 1. The fourth-order valence-corrected chi connectivity index (χ4v) is 3.35. The van der Waals surface area contributed by atoms with E-state index in [2.05, 4.69) is 20.6 Å². The number of benzene rings is 3. The molecule has 0 atom stereocenters. The molecule has 2 amide bonds. The molecule has 0 saturated heterocycles. The van der Waals surface area contributed by atoms with E-state index in [1.54, 1.807) is 24.4 Å². The number of carbonyl (C=O) groups excluding carboxylic acids is 1. The van der Waals surface area contributed by atoms with Gasteiger partial charge in [0.2, 0.25) is 0 Å². The van der Waals surface area contributed by atoms with E-state index in [0.717, 1.165) is 23.9 Å². The van der Waals surface area contributed by atoms with Crippen molar-refractivity contribution in [2.45, 2.75) is 12.7 Å². The predicted octanol–water partition coefficient (Wildman–Crippen LogP) is 6.29. The van der Waals surface area contributed by atoms with Crippen LogP contribution in [-0.2, 0) is 12.7 Å². The Labute approximate surface area is 203 Å². The summed E-state index contributed by atoms with van der Waals surface area (Å²) in [6, 6.07) is 12.1. The SMILES string of the molecule is CN(C)Cc1cnc2ccc(Oc3ccc(NC(=O)Nc4cccc(C(F)(F)F)c4)cc3F)cc2n1. The van der Waals surface area contributed by atoms with E-state index >= 15 is 0 Å². The Kier molecular flexibility index (Phi) is 7.02. The normalized spacial score (nSPS) is 11.5. The molecular formula is C25H21F4N5O2. The Morgan fingerprint density at radius 2 is 1.72 bits per heavy atom. The van der Waals surface area contributed by atoms with E-state index < -0.39 is 23.6 Å². The van der Waals surface area contributed by atoms with Crippen LogP contribution in [0.25, 0.3) is 11.0 Å². The molecule has 2 N–H and O–H groups in total. The number of urea groups is 1. The predicted molar refractivity (Wildman–Crippen MR) is 127 cm³/mol. The van der Waals surface area contributed by atoms with E-state index in [1.807, 2.05) is 19.0 Å². The van der Waals surface area contributed by atoms with Gasteiger partial charge >= 0.3 is 12.2 Å². The lowest BCUT2D eigenvalue weighted by atomic mass is 10.2. The van der Waals surface area contributed by atoms with Crippen LogP contribution in [0.1, 0.15) is 11.3 Å². The topological polar surface area (TPSA) is 79.4 Å². The quantitative estimate of drug-likeness (QED) is 0.305. The highest BCUT2D eigenvalue weighted by Crippen LogP contribution is 2.31. The minimum absolute atomic E-state index is 0.0594. The summed E-state index contributed by atoms with van der Waals surface area (Å²) in [5.41, 5.74) is 1.16. The summed E-state index contributed by atoms with van der Waals surface area (Å²) in [7, 11) is 3.84. The molecule has 36 heavy (non-hydrogen) atoms. The van der Waals surface area contributed by atoms with Gasteiger partial charge in [0.05, 0.1) is 28.5 Å². The van der Waals surface area contributed by atoms with Crippen molar-refractivity contribution < 1.29 is 27.1 Å². The van der Waals surface area contributed by atoms with E-state index in [-0.39, 0.29) is 17.1 Å². The van der Waals surface area contributed by atoms with Crippen LogP contribution in [0.5, 0.6) is 11.5 Å². The first-order valence-corrected chi connectivity index (χ1v) is 10.7. The molecule has 7 nitrogen and oxygen atoms in total. The molecule has 4 aromatic rings. The van der Waals surface area contributed by atoms with E-state index in [0.29, 0.717) is 23.3 Å². The third-order valence-corrected chi connectivity index (χ3v) is 4.91. The van der Waals surface area contributed by atoms with Crippen LogP contribution >= 0.6 is 0 Å². The van der Waals surface area contributed by atoms with Crippen molar-refractivity contribution in [1.29, 1.82) is 0 Å². The molecular weight excluding hydrogens is 478 g/mol. The number of nitrogens with one attached hydrogen (secondary N) is 2. The fraction of sp³-hybridized carbons (Fsp3) is 0.160. The number of aromatic nitrogens is 2. The molecule has 3 aromatic carbocycles. The van der Waals surface area contributed by atoms with Gasteiger partial charge in [0, 0.05) is 30.1 Å².